The first-order valence-electron chi connectivity index (χ1n) is 6.74. The summed E-state index contributed by atoms with van der Waals surface area (Å²) in [5, 5.41) is 2.91. The molecule has 1 aliphatic heterocycles. The highest BCUT2D eigenvalue weighted by Crippen LogP contribution is 2.32. The highest BCUT2D eigenvalue weighted by molar-refractivity contribution is 5.95. The van der Waals surface area contributed by atoms with Crippen LogP contribution in [-0.4, -0.2) is 17.7 Å². The molecule has 2 heterocycles. The molecule has 0 spiro atoms. The van der Waals surface area contributed by atoms with Crippen molar-refractivity contribution in [2.45, 2.75) is 20.4 Å². The molecule has 1 amide bonds. The van der Waals surface area contributed by atoms with Crippen molar-refractivity contribution in [1.82, 2.24) is 10.3 Å². The number of pyridine rings is 1. The highest BCUT2D eigenvalue weighted by Gasteiger charge is 2.14. The second kappa shape index (κ2) is 5.44. The van der Waals surface area contributed by atoms with Crippen LogP contribution in [0.3, 0.4) is 0 Å². The number of nitrogens with one attached hydrogen (secondary N) is 1. The molecule has 0 bridgehead atoms. The van der Waals surface area contributed by atoms with Gasteiger partial charge in [-0.05, 0) is 43.2 Å². The Bertz CT molecular complexity index is 698. The van der Waals surface area contributed by atoms with Crippen LogP contribution in [0.2, 0.25) is 0 Å². The number of rotatable bonds is 3. The van der Waals surface area contributed by atoms with Crippen LogP contribution in [0.15, 0.2) is 30.5 Å². The topological polar surface area (TPSA) is 60.5 Å². The van der Waals surface area contributed by atoms with E-state index in [4.69, 9.17) is 9.47 Å². The van der Waals surface area contributed by atoms with Crippen molar-refractivity contribution >= 4 is 5.91 Å². The lowest BCUT2D eigenvalue weighted by Gasteiger charge is -2.09. The average molecular weight is 284 g/mol. The average Bonchev–Trinajstić information content (AvgIpc) is 2.95. The van der Waals surface area contributed by atoms with Gasteiger partial charge in [-0.1, -0.05) is 6.07 Å². The molecular weight excluding hydrogens is 268 g/mol. The Morgan fingerprint density at radius 2 is 2.05 bits per heavy atom. The van der Waals surface area contributed by atoms with E-state index < -0.39 is 0 Å². The molecule has 0 radical (unpaired) electrons. The standard InChI is InChI=1S/C16H16N2O3/c1-10-11(2)17-6-5-13(10)16(19)18-8-12-3-4-14-15(7-12)21-9-20-14/h3-7H,8-9H2,1-2H3,(H,18,19). The fraction of sp³-hybridized carbons (Fsp3) is 0.250. The quantitative estimate of drug-likeness (QED) is 0.940. The third-order valence-corrected chi connectivity index (χ3v) is 3.59. The predicted molar refractivity (Wildman–Crippen MR) is 77.4 cm³/mol. The molecule has 5 heteroatoms. The van der Waals surface area contributed by atoms with Gasteiger partial charge in [0, 0.05) is 24.0 Å². The van der Waals surface area contributed by atoms with Crippen molar-refractivity contribution in [1.29, 1.82) is 0 Å². The van der Waals surface area contributed by atoms with Crippen molar-refractivity contribution in [2.24, 2.45) is 0 Å². The lowest BCUT2D eigenvalue weighted by atomic mass is 10.1. The number of hydrogen-bond acceptors (Lipinski definition) is 4. The van der Waals surface area contributed by atoms with Gasteiger partial charge in [-0.2, -0.15) is 0 Å². The third-order valence-electron chi connectivity index (χ3n) is 3.59. The van der Waals surface area contributed by atoms with Crippen LogP contribution in [0.1, 0.15) is 27.2 Å². The maximum absolute atomic E-state index is 12.2. The zero-order valence-electron chi connectivity index (χ0n) is 12.0. The summed E-state index contributed by atoms with van der Waals surface area (Å²) >= 11 is 0. The van der Waals surface area contributed by atoms with Crippen molar-refractivity contribution in [2.75, 3.05) is 6.79 Å². The first-order chi connectivity index (χ1) is 10.1. The summed E-state index contributed by atoms with van der Waals surface area (Å²) in [5.74, 6) is 1.36. The smallest absolute Gasteiger partial charge is 0.251 e. The number of nitrogens with zero attached hydrogens (tertiary/aromatic N) is 1. The van der Waals surface area contributed by atoms with Crippen LogP contribution in [0, 0.1) is 13.8 Å². The molecule has 21 heavy (non-hydrogen) atoms. The Balaban J connectivity index is 1.70. The number of carbonyl (C=O) groups is 1. The van der Waals surface area contributed by atoms with E-state index in [1.807, 2.05) is 32.0 Å². The number of hydrogen-bond donors (Lipinski definition) is 1. The molecule has 0 unspecified atom stereocenters. The van der Waals surface area contributed by atoms with Crippen molar-refractivity contribution in [3.05, 3.63) is 52.8 Å². The number of ether oxygens (including phenoxy) is 2. The van der Waals surface area contributed by atoms with E-state index in [9.17, 15) is 4.79 Å². The van der Waals surface area contributed by atoms with E-state index in [1.54, 1.807) is 12.3 Å². The zero-order chi connectivity index (χ0) is 14.8. The maximum atomic E-state index is 12.2. The van der Waals surface area contributed by atoms with Crippen LogP contribution >= 0.6 is 0 Å². The molecule has 1 N–H and O–H groups in total. The molecule has 3 rings (SSSR count). The number of benzene rings is 1. The molecule has 1 aromatic carbocycles. The van der Waals surface area contributed by atoms with Gasteiger partial charge in [-0.15, -0.1) is 0 Å². The molecule has 0 atom stereocenters. The maximum Gasteiger partial charge on any atom is 0.251 e. The Kier molecular flexibility index (Phi) is 3.48. The van der Waals surface area contributed by atoms with Gasteiger partial charge in [0.15, 0.2) is 11.5 Å². The minimum Gasteiger partial charge on any atom is -0.454 e. The van der Waals surface area contributed by atoms with Gasteiger partial charge in [-0.3, -0.25) is 9.78 Å². The Morgan fingerprint density at radius 3 is 2.90 bits per heavy atom. The fourth-order valence-corrected chi connectivity index (χ4v) is 2.21. The summed E-state index contributed by atoms with van der Waals surface area (Å²) in [6, 6.07) is 7.38. The lowest BCUT2D eigenvalue weighted by molar-refractivity contribution is 0.0950. The molecule has 5 nitrogen and oxygen atoms in total. The minimum absolute atomic E-state index is 0.101. The van der Waals surface area contributed by atoms with Gasteiger partial charge in [0.25, 0.3) is 5.91 Å². The van der Waals surface area contributed by atoms with E-state index in [0.717, 1.165) is 28.3 Å². The largest absolute Gasteiger partial charge is 0.454 e. The van der Waals surface area contributed by atoms with Gasteiger partial charge in [-0.25, -0.2) is 0 Å². The number of fused-ring (bicyclic) bond motifs is 1. The SMILES string of the molecule is Cc1nccc(C(=O)NCc2ccc3c(c2)OCO3)c1C. The lowest BCUT2D eigenvalue weighted by Crippen LogP contribution is -2.24. The number of aryl methyl sites for hydroxylation is 1. The van der Waals surface area contributed by atoms with E-state index >= 15 is 0 Å². The van der Waals surface area contributed by atoms with Gasteiger partial charge < -0.3 is 14.8 Å². The summed E-state index contributed by atoms with van der Waals surface area (Å²) in [6.45, 7) is 4.48. The van der Waals surface area contributed by atoms with E-state index in [2.05, 4.69) is 10.3 Å². The van der Waals surface area contributed by atoms with E-state index in [-0.39, 0.29) is 12.7 Å². The van der Waals surface area contributed by atoms with Crippen LogP contribution in [0.25, 0.3) is 0 Å². The first-order valence-corrected chi connectivity index (χ1v) is 6.74. The number of amides is 1. The van der Waals surface area contributed by atoms with Crippen LogP contribution in [0.5, 0.6) is 11.5 Å². The predicted octanol–water partition coefficient (Wildman–Crippen LogP) is 2.36. The molecule has 0 saturated heterocycles. The number of aromatic nitrogens is 1. The summed E-state index contributed by atoms with van der Waals surface area (Å²) in [4.78, 5) is 16.4. The molecular formula is C16H16N2O3. The van der Waals surface area contributed by atoms with Gasteiger partial charge in [0.05, 0.1) is 0 Å². The summed E-state index contributed by atoms with van der Waals surface area (Å²) in [7, 11) is 0. The Hall–Kier alpha value is -2.56. The normalized spacial score (nSPS) is 12.3. The zero-order valence-corrected chi connectivity index (χ0v) is 12.0. The molecule has 2 aromatic rings. The van der Waals surface area contributed by atoms with E-state index in [1.165, 1.54) is 0 Å². The Morgan fingerprint density at radius 1 is 1.24 bits per heavy atom. The molecule has 1 aliphatic rings. The molecule has 0 saturated carbocycles. The molecule has 108 valence electrons. The monoisotopic (exact) mass is 284 g/mol. The first kappa shape index (κ1) is 13.4. The van der Waals surface area contributed by atoms with Gasteiger partial charge >= 0.3 is 0 Å². The van der Waals surface area contributed by atoms with Crippen molar-refractivity contribution in [3.63, 3.8) is 0 Å². The summed E-state index contributed by atoms with van der Waals surface area (Å²) < 4.78 is 10.6. The summed E-state index contributed by atoms with van der Waals surface area (Å²) in [6.07, 6.45) is 1.65. The van der Waals surface area contributed by atoms with Crippen LogP contribution < -0.4 is 14.8 Å². The van der Waals surface area contributed by atoms with Crippen LogP contribution in [-0.2, 0) is 6.54 Å². The minimum atomic E-state index is -0.101. The number of carbonyl (C=O) groups excluding carboxylic acids is 1. The second-order valence-electron chi connectivity index (χ2n) is 4.94. The van der Waals surface area contributed by atoms with Gasteiger partial charge in [0.1, 0.15) is 0 Å². The molecule has 0 aliphatic carbocycles. The van der Waals surface area contributed by atoms with Crippen molar-refractivity contribution < 1.29 is 14.3 Å². The van der Waals surface area contributed by atoms with Gasteiger partial charge in [0.2, 0.25) is 6.79 Å². The second-order valence-corrected chi connectivity index (χ2v) is 4.94. The summed E-state index contributed by atoms with van der Waals surface area (Å²) in [5.41, 5.74) is 3.39. The molecule has 0 fully saturated rings. The third kappa shape index (κ3) is 2.67. The van der Waals surface area contributed by atoms with E-state index in [0.29, 0.717) is 12.1 Å². The highest BCUT2D eigenvalue weighted by atomic mass is 16.7. The fourth-order valence-electron chi connectivity index (χ4n) is 2.21. The van der Waals surface area contributed by atoms with Crippen molar-refractivity contribution in [3.8, 4) is 11.5 Å². The Labute approximate surface area is 122 Å². The van der Waals surface area contributed by atoms with Crippen LogP contribution in [0.4, 0.5) is 0 Å². The molecule has 1 aromatic heterocycles.